The molecule has 32 heavy (non-hydrogen) atoms. The molecule has 3 aromatic carbocycles. The van der Waals surface area contributed by atoms with E-state index >= 15 is 0 Å². The Labute approximate surface area is 191 Å². The molecule has 3 rings (SSSR count). The summed E-state index contributed by atoms with van der Waals surface area (Å²) in [6.45, 7) is 4.01. The molecule has 0 bridgehead atoms. The zero-order chi connectivity index (χ0) is 22.8. The number of hydrogen-bond acceptors (Lipinski definition) is 3. The van der Waals surface area contributed by atoms with Crippen LogP contribution in [0.4, 0.5) is 0 Å². The van der Waals surface area contributed by atoms with Crippen molar-refractivity contribution < 1.29 is 8.42 Å². The first kappa shape index (κ1) is 23.5. The third-order valence-electron chi connectivity index (χ3n) is 5.23. The van der Waals surface area contributed by atoms with E-state index in [1.165, 1.54) is 17.4 Å². The minimum Gasteiger partial charge on any atom is -0.357 e. The second kappa shape index (κ2) is 11.5. The number of rotatable bonds is 9. The van der Waals surface area contributed by atoms with E-state index in [2.05, 4.69) is 59.2 Å². The van der Waals surface area contributed by atoms with Crippen molar-refractivity contribution in [2.45, 2.75) is 30.7 Å². The van der Waals surface area contributed by atoms with Crippen LogP contribution in [0.1, 0.15) is 29.5 Å². The van der Waals surface area contributed by atoms with Crippen LogP contribution in [0, 0.1) is 0 Å². The van der Waals surface area contributed by atoms with Crippen molar-refractivity contribution in [3.05, 3.63) is 102 Å². The molecule has 2 N–H and O–H groups in total. The second-order valence-electron chi connectivity index (χ2n) is 7.79. The zero-order valence-corrected chi connectivity index (χ0v) is 19.5. The molecule has 1 atom stereocenters. The molecule has 168 valence electrons. The fourth-order valence-corrected chi connectivity index (χ4v) is 4.14. The Hall–Kier alpha value is -3.12. The first-order chi connectivity index (χ1) is 15.5. The van der Waals surface area contributed by atoms with E-state index in [0.717, 1.165) is 31.0 Å². The standard InChI is InChI=1S/C26H31N3O2S/c1-3-27-26(28-19-22-14-16-25(17-15-22)32(2,30)31)29-20-24(23-12-8-5-9-13-23)18-21-10-6-4-7-11-21/h4-17,24H,3,18-20H2,1-2H3,(H2,27,28,29). The van der Waals surface area contributed by atoms with E-state index in [4.69, 9.17) is 4.99 Å². The average molecular weight is 450 g/mol. The van der Waals surface area contributed by atoms with Crippen molar-refractivity contribution in [3.8, 4) is 0 Å². The highest BCUT2D eigenvalue weighted by Gasteiger charge is 2.13. The molecule has 5 nitrogen and oxygen atoms in total. The molecule has 0 spiro atoms. The van der Waals surface area contributed by atoms with Crippen molar-refractivity contribution in [1.82, 2.24) is 10.6 Å². The highest BCUT2D eigenvalue weighted by molar-refractivity contribution is 7.90. The fraction of sp³-hybridized carbons (Fsp3) is 0.269. The Balaban J connectivity index is 1.70. The van der Waals surface area contributed by atoms with Gasteiger partial charge in [0.15, 0.2) is 15.8 Å². The summed E-state index contributed by atoms with van der Waals surface area (Å²) in [4.78, 5) is 5.01. The summed E-state index contributed by atoms with van der Waals surface area (Å²) in [6.07, 6.45) is 2.15. The smallest absolute Gasteiger partial charge is 0.191 e. The molecule has 0 aromatic heterocycles. The Morgan fingerprint density at radius 3 is 2.06 bits per heavy atom. The maximum absolute atomic E-state index is 11.6. The summed E-state index contributed by atoms with van der Waals surface area (Å²) in [6, 6.07) is 27.9. The Bertz CT molecular complexity index is 1100. The first-order valence-corrected chi connectivity index (χ1v) is 12.7. The molecule has 0 fully saturated rings. The van der Waals surface area contributed by atoms with Crippen molar-refractivity contribution in [3.63, 3.8) is 0 Å². The van der Waals surface area contributed by atoms with Gasteiger partial charge < -0.3 is 10.6 Å². The van der Waals surface area contributed by atoms with E-state index in [1.54, 1.807) is 12.1 Å². The average Bonchev–Trinajstić information content (AvgIpc) is 2.81. The van der Waals surface area contributed by atoms with Crippen LogP contribution in [-0.4, -0.2) is 33.7 Å². The van der Waals surface area contributed by atoms with Gasteiger partial charge in [0.1, 0.15) is 0 Å². The number of nitrogens with one attached hydrogen (secondary N) is 2. The molecule has 0 aliphatic heterocycles. The van der Waals surface area contributed by atoms with Crippen LogP contribution in [0.25, 0.3) is 0 Å². The minimum absolute atomic E-state index is 0.302. The maximum Gasteiger partial charge on any atom is 0.191 e. The van der Waals surface area contributed by atoms with Crippen molar-refractivity contribution in [2.75, 3.05) is 19.3 Å². The Kier molecular flexibility index (Phi) is 8.45. The van der Waals surface area contributed by atoms with Crippen LogP contribution in [0.3, 0.4) is 0 Å². The number of guanidine groups is 1. The van der Waals surface area contributed by atoms with Crippen LogP contribution < -0.4 is 10.6 Å². The van der Waals surface area contributed by atoms with E-state index in [0.29, 0.717) is 17.4 Å². The number of benzene rings is 3. The minimum atomic E-state index is -3.19. The number of aliphatic imine (C=N–C) groups is 1. The summed E-state index contributed by atoms with van der Waals surface area (Å²) in [5.41, 5.74) is 3.55. The molecule has 3 aromatic rings. The van der Waals surface area contributed by atoms with E-state index in [9.17, 15) is 8.42 Å². The SMILES string of the molecule is CCNC(=NCc1ccc(S(C)(=O)=O)cc1)NCC(Cc1ccccc1)c1ccccc1. The summed E-state index contributed by atoms with van der Waals surface area (Å²) in [5.74, 6) is 1.05. The lowest BCUT2D eigenvalue weighted by Crippen LogP contribution is -2.39. The summed E-state index contributed by atoms with van der Waals surface area (Å²) in [5, 5.41) is 6.79. The van der Waals surface area contributed by atoms with Crippen molar-refractivity contribution >= 4 is 15.8 Å². The van der Waals surface area contributed by atoms with Crippen molar-refractivity contribution in [1.29, 1.82) is 0 Å². The predicted molar refractivity (Wildman–Crippen MR) is 132 cm³/mol. The van der Waals surface area contributed by atoms with Gasteiger partial charge in [0, 0.05) is 25.3 Å². The van der Waals surface area contributed by atoms with Gasteiger partial charge in [0.05, 0.1) is 11.4 Å². The molecule has 0 radical (unpaired) electrons. The van der Waals surface area contributed by atoms with E-state index < -0.39 is 9.84 Å². The van der Waals surface area contributed by atoms with E-state index in [-0.39, 0.29) is 0 Å². The van der Waals surface area contributed by atoms with Gasteiger partial charge in [-0.25, -0.2) is 13.4 Å². The maximum atomic E-state index is 11.6. The van der Waals surface area contributed by atoms with Gasteiger partial charge in [-0.15, -0.1) is 0 Å². The Morgan fingerprint density at radius 1 is 0.844 bits per heavy atom. The lowest BCUT2D eigenvalue weighted by molar-refractivity contribution is 0.602. The predicted octanol–water partition coefficient (Wildman–Crippen LogP) is 4.17. The van der Waals surface area contributed by atoms with Gasteiger partial charge in [-0.2, -0.15) is 0 Å². The van der Waals surface area contributed by atoms with Crippen LogP contribution >= 0.6 is 0 Å². The molecular weight excluding hydrogens is 418 g/mol. The monoisotopic (exact) mass is 449 g/mol. The molecule has 0 aliphatic carbocycles. The highest BCUT2D eigenvalue weighted by Crippen LogP contribution is 2.20. The van der Waals surface area contributed by atoms with Crippen molar-refractivity contribution in [2.24, 2.45) is 4.99 Å². The molecule has 6 heteroatoms. The zero-order valence-electron chi connectivity index (χ0n) is 18.7. The van der Waals surface area contributed by atoms with Gasteiger partial charge in [0.2, 0.25) is 0 Å². The molecule has 1 unspecified atom stereocenters. The second-order valence-corrected chi connectivity index (χ2v) is 9.81. The van der Waals surface area contributed by atoms with Gasteiger partial charge in [0.25, 0.3) is 0 Å². The molecular formula is C26H31N3O2S. The van der Waals surface area contributed by atoms with Gasteiger partial charge >= 0.3 is 0 Å². The third kappa shape index (κ3) is 7.24. The molecule has 0 aliphatic rings. The van der Waals surface area contributed by atoms with Gasteiger partial charge in [-0.05, 0) is 42.2 Å². The summed E-state index contributed by atoms with van der Waals surface area (Å²) >= 11 is 0. The normalized spacial score (nSPS) is 12.9. The third-order valence-corrected chi connectivity index (χ3v) is 6.36. The van der Waals surface area contributed by atoms with Gasteiger partial charge in [-0.1, -0.05) is 72.8 Å². The topological polar surface area (TPSA) is 70.6 Å². The van der Waals surface area contributed by atoms with E-state index in [1.807, 2.05) is 31.2 Å². The first-order valence-electron chi connectivity index (χ1n) is 10.9. The van der Waals surface area contributed by atoms with Crippen LogP contribution in [0.15, 0.2) is 94.8 Å². The van der Waals surface area contributed by atoms with Gasteiger partial charge in [-0.3, -0.25) is 0 Å². The molecule has 0 amide bonds. The Morgan fingerprint density at radius 2 is 1.47 bits per heavy atom. The molecule has 0 saturated carbocycles. The van der Waals surface area contributed by atoms with Crippen LogP contribution in [0.2, 0.25) is 0 Å². The molecule has 0 saturated heterocycles. The highest BCUT2D eigenvalue weighted by atomic mass is 32.2. The number of sulfone groups is 1. The van der Waals surface area contributed by atoms with Crippen LogP contribution in [-0.2, 0) is 22.8 Å². The quantitative estimate of drug-likeness (QED) is 0.380. The van der Waals surface area contributed by atoms with Crippen LogP contribution in [0.5, 0.6) is 0 Å². The summed E-state index contributed by atoms with van der Waals surface area (Å²) in [7, 11) is -3.19. The lowest BCUT2D eigenvalue weighted by atomic mass is 9.92. The molecule has 0 heterocycles. The fourth-order valence-electron chi connectivity index (χ4n) is 3.51. The largest absolute Gasteiger partial charge is 0.357 e. The number of hydrogen-bond donors (Lipinski definition) is 2. The summed E-state index contributed by atoms with van der Waals surface area (Å²) < 4.78 is 23.3. The number of nitrogens with zero attached hydrogens (tertiary/aromatic N) is 1. The lowest BCUT2D eigenvalue weighted by Gasteiger charge is -2.20.